The van der Waals surface area contributed by atoms with Crippen LogP contribution in [0.3, 0.4) is 0 Å². The lowest BCUT2D eigenvalue weighted by Crippen LogP contribution is -2.15. The van der Waals surface area contributed by atoms with E-state index >= 15 is 0 Å². The summed E-state index contributed by atoms with van der Waals surface area (Å²) >= 11 is 0. The highest BCUT2D eigenvalue weighted by atomic mass is 16.1. The lowest BCUT2D eigenvalue weighted by Gasteiger charge is -2.30. The molecule has 0 aliphatic heterocycles. The van der Waals surface area contributed by atoms with Crippen LogP contribution in [0.5, 0.6) is 0 Å². The van der Waals surface area contributed by atoms with Crippen LogP contribution in [0, 0.1) is 0 Å². The highest BCUT2D eigenvalue weighted by Gasteiger charge is 2.30. The van der Waals surface area contributed by atoms with Crippen molar-refractivity contribution in [3.05, 3.63) is 179 Å². The van der Waals surface area contributed by atoms with Gasteiger partial charge in [-0.2, -0.15) is 0 Å². The first-order valence-corrected chi connectivity index (χ1v) is 19.8. The monoisotopic (exact) mass is 723 g/mol. The van der Waals surface area contributed by atoms with Crippen LogP contribution >= 0.6 is 0 Å². The average Bonchev–Trinajstić information content (AvgIpc) is 3.68. The predicted molar refractivity (Wildman–Crippen MR) is 238 cm³/mol. The molecule has 0 saturated heterocycles. The van der Waals surface area contributed by atoms with E-state index in [0.29, 0.717) is 6.42 Å². The molecule has 0 radical (unpaired) electrons. The fraction of sp³-hybridized carbons (Fsp3) is 0.167. The summed E-state index contributed by atoms with van der Waals surface area (Å²) in [4.78, 5) is 16.2. The standard InChI is InChI=1S/C54H45NO/c1-53(2,3)38-19-23-40(24-20-38)55(41-25-21-39(22-26-41)54(4,5)6)51-45-15-10-9-14-42(45)49-44-27-18-33(29-48(44)43-16-11-17-46(51)50(43)49)28-37-31-36-30-34-12-7-8-13-35(34)32-47(36)52(37)56/h7-30,32H,31H2,1-6H3/b37-28-. The molecule has 0 heterocycles. The van der Waals surface area contributed by atoms with Crippen LogP contribution in [-0.2, 0) is 17.3 Å². The van der Waals surface area contributed by atoms with Crippen LogP contribution in [0.4, 0.5) is 17.1 Å². The topological polar surface area (TPSA) is 20.3 Å². The van der Waals surface area contributed by atoms with Crippen molar-refractivity contribution in [2.45, 2.75) is 58.8 Å². The van der Waals surface area contributed by atoms with E-state index in [9.17, 15) is 4.79 Å². The Morgan fingerprint density at radius 1 is 0.518 bits per heavy atom. The summed E-state index contributed by atoms with van der Waals surface area (Å²) in [6, 6.07) is 53.3. The second kappa shape index (κ2) is 12.4. The van der Waals surface area contributed by atoms with Crippen LogP contribution in [0.25, 0.3) is 60.6 Å². The third-order valence-corrected chi connectivity index (χ3v) is 12.1. The minimum absolute atomic E-state index is 0.0522. The van der Waals surface area contributed by atoms with Gasteiger partial charge in [-0.15, -0.1) is 0 Å². The maximum atomic E-state index is 13.8. The van der Waals surface area contributed by atoms with Crippen LogP contribution < -0.4 is 4.90 Å². The third kappa shape index (κ3) is 5.42. The highest BCUT2D eigenvalue weighted by Crippen LogP contribution is 2.55. The molecule has 0 saturated carbocycles. The Balaban J connectivity index is 1.15. The summed E-state index contributed by atoms with van der Waals surface area (Å²) in [7, 11) is 0. The summed E-state index contributed by atoms with van der Waals surface area (Å²) < 4.78 is 0. The van der Waals surface area contributed by atoms with E-state index < -0.39 is 0 Å². The molecular formula is C54H45NO. The molecular weight excluding hydrogens is 679 g/mol. The van der Waals surface area contributed by atoms with Crippen molar-refractivity contribution in [1.29, 1.82) is 0 Å². The zero-order chi connectivity index (χ0) is 38.5. The molecule has 272 valence electrons. The van der Waals surface area contributed by atoms with Crippen molar-refractivity contribution in [2.75, 3.05) is 4.90 Å². The third-order valence-electron chi connectivity index (χ3n) is 12.1. The predicted octanol–water partition coefficient (Wildman–Crippen LogP) is 14.7. The number of nitrogens with zero attached hydrogens (tertiary/aromatic N) is 1. The molecule has 8 aromatic carbocycles. The van der Waals surface area contributed by atoms with Crippen LogP contribution in [0.15, 0.2) is 151 Å². The molecule has 0 N–H and O–H groups in total. The second-order valence-electron chi connectivity index (χ2n) is 17.8. The van der Waals surface area contributed by atoms with Crippen molar-refractivity contribution in [3.8, 4) is 22.3 Å². The molecule has 0 spiro atoms. The molecule has 0 unspecified atom stereocenters. The van der Waals surface area contributed by atoms with Gasteiger partial charge in [0, 0.05) is 45.1 Å². The summed E-state index contributed by atoms with van der Waals surface area (Å²) in [6.45, 7) is 13.6. The first kappa shape index (κ1) is 34.3. The normalized spacial score (nSPS) is 14.2. The van der Waals surface area contributed by atoms with E-state index in [2.05, 4.69) is 192 Å². The zero-order valence-corrected chi connectivity index (χ0v) is 33.0. The molecule has 0 atom stereocenters. The Labute approximate surface area is 329 Å². The number of benzene rings is 8. The van der Waals surface area contributed by atoms with Crippen LogP contribution in [-0.4, -0.2) is 5.78 Å². The minimum atomic E-state index is 0.0522. The van der Waals surface area contributed by atoms with Gasteiger partial charge in [-0.25, -0.2) is 0 Å². The van der Waals surface area contributed by atoms with Crippen molar-refractivity contribution < 1.29 is 4.79 Å². The number of hydrogen-bond acceptors (Lipinski definition) is 2. The largest absolute Gasteiger partial charge is 0.309 e. The Bertz CT molecular complexity index is 2890. The molecule has 2 nitrogen and oxygen atoms in total. The maximum absolute atomic E-state index is 13.8. The van der Waals surface area contributed by atoms with Crippen molar-refractivity contribution in [2.24, 2.45) is 0 Å². The fourth-order valence-electron chi connectivity index (χ4n) is 9.09. The van der Waals surface area contributed by atoms with Gasteiger partial charge in [0.25, 0.3) is 0 Å². The zero-order valence-electron chi connectivity index (χ0n) is 33.0. The lowest BCUT2D eigenvalue weighted by molar-refractivity contribution is 0.104. The SMILES string of the molecule is CC(C)(C)c1ccc(N(c2ccc(C(C)(C)C)cc2)c2c3ccccc3c3c4c(cccc24)-c2cc(/C=C4/Cc5cc6ccccc6cc5C4=O)ccc2-3)cc1. The quantitative estimate of drug-likeness (QED) is 0.133. The average molecular weight is 724 g/mol. The van der Waals surface area contributed by atoms with Gasteiger partial charge in [0.15, 0.2) is 5.78 Å². The first-order chi connectivity index (χ1) is 26.9. The van der Waals surface area contributed by atoms with Gasteiger partial charge in [-0.05, 0) is 114 Å². The van der Waals surface area contributed by atoms with E-state index in [1.807, 2.05) is 6.07 Å². The summed E-state index contributed by atoms with van der Waals surface area (Å²) in [6.07, 6.45) is 2.77. The summed E-state index contributed by atoms with van der Waals surface area (Å²) in [5.41, 5.74) is 15.0. The Kier molecular flexibility index (Phi) is 7.57. The van der Waals surface area contributed by atoms with Crippen molar-refractivity contribution in [1.82, 2.24) is 0 Å². The summed E-state index contributed by atoms with van der Waals surface area (Å²) in [5, 5.41) is 7.24. The molecule has 8 aromatic rings. The Hall–Kier alpha value is -6.25. The van der Waals surface area contributed by atoms with E-state index in [0.717, 1.165) is 39.0 Å². The Morgan fingerprint density at radius 2 is 1.11 bits per heavy atom. The molecule has 2 aliphatic rings. The summed E-state index contributed by atoms with van der Waals surface area (Å²) in [5.74, 6) is 0.137. The molecule has 2 aliphatic carbocycles. The molecule has 0 bridgehead atoms. The van der Waals surface area contributed by atoms with Crippen LogP contribution in [0.2, 0.25) is 0 Å². The lowest BCUT2D eigenvalue weighted by atomic mass is 9.86. The number of fused-ring (bicyclic) bond motifs is 7. The number of carbonyl (C=O) groups excluding carboxylic acids is 1. The van der Waals surface area contributed by atoms with Gasteiger partial charge in [0.2, 0.25) is 0 Å². The number of anilines is 3. The maximum Gasteiger partial charge on any atom is 0.189 e. The van der Waals surface area contributed by atoms with Crippen LogP contribution in [0.1, 0.15) is 74.2 Å². The number of carbonyl (C=O) groups is 1. The van der Waals surface area contributed by atoms with Gasteiger partial charge in [-0.1, -0.05) is 151 Å². The number of allylic oxidation sites excluding steroid dienone is 1. The van der Waals surface area contributed by atoms with E-state index in [1.54, 1.807) is 0 Å². The second-order valence-corrected chi connectivity index (χ2v) is 17.8. The van der Waals surface area contributed by atoms with Crippen molar-refractivity contribution >= 4 is 61.2 Å². The fourth-order valence-corrected chi connectivity index (χ4v) is 9.09. The number of hydrogen-bond donors (Lipinski definition) is 0. The van der Waals surface area contributed by atoms with E-state index in [-0.39, 0.29) is 16.6 Å². The first-order valence-electron chi connectivity index (χ1n) is 19.8. The molecule has 2 heteroatoms. The van der Waals surface area contributed by atoms with Gasteiger partial charge in [0.05, 0.1) is 5.69 Å². The number of rotatable bonds is 4. The van der Waals surface area contributed by atoms with E-state index in [4.69, 9.17) is 0 Å². The molecule has 0 fully saturated rings. The number of Topliss-reactive ketones (excluding diaryl/α,β-unsaturated/α-hetero) is 1. The van der Waals surface area contributed by atoms with Gasteiger partial charge in [0.1, 0.15) is 0 Å². The molecule has 10 rings (SSSR count). The van der Waals surface area contributed by atoms with E-state index in [1.165, 1.54) is 66.0 Å². The molecule has 0 aromatic heterocycles. The highest BCUT2D eigenvalue weighted by molar-refractivity contribution is 6.30. The van der Waals surface area contributed by atoms with Gasteiger partial charge < -0.3 is 4.90 Å². The van der Waals surface area contributed by atoms with Gasteiger partial charge >= 0.3 is 0 Å². The smallest absolute Gasteiger partial charge is 0.189 e. The number of ketones is 1. The minimum Gasteiger partial charge on any atom is -0.309 e. The Morgan fingerprint density at radius 3 is 1.75 bits per heavy atom. The van der Waals surface area contributed by atoms with Crippen molar-refractivity contribution in [3.63, 3.8) is 0 Å². The van der Waals surface area contributed by atoms with Gasteiger partial charge in [-0.3, -0.25) is 4.79 Å². The molecule has 0 amide bonds. The molecule has 56 heavy (non-hydrogen) atoms.